The van der Waals surface area contributed by atoms with Gasteiger partial charge in [-0.1, -0.05) is 5.16 Å². The minimum Gasteiger partial charge on any atom is -0.506 e. The Kier molecular flexibility index (Phi) is 5.88. The third-order valence-corrected chi connectivity index (χ3v) is 6.60. The second kappa shape index (κ2) is 9.14. The van der Waals surface area contributed by atoms with E-state index in [9.17, 15) is 15.2 Å². The standard InChI is InChI=1S/C25H26N6O3/c1-30-19-7-6-18(14-26)28-24(19)20(13-22(30)33)31-11-8-17(9-12-31)23(29-34-15-16-4-5-16)25-21(32)3-2-10-27-25/h2-3,6-7,10,13,16-17,32H,4-5,8-9,11-12,15H2,1H3/b29-23+. The van der Waals surface area contributed by atoms with Gasteiger partial charge in [-0.05, 0) is 55.9 Å². The van der Waals surface area contributed by atoms with E-state index in [1.165, 1.54) is 12.8 Å². The van der Waals surface area contributed by atoms with E-state index >= 15 is 0 Å². The fraction of sp³-hybridized carbons (Fsp3) is 0.400. The summed E-state index contributed by atoms with van der Waals surface area (Å²) in [5, 5.41) is 24.1. The third kappa shape index (κ3) is 4.31. The number of hydrogen-bond acceptors (Lipinski definition) is 8. The van der Waals surface area contributed by atoms with Crippen molar-refractivity contribution in [3.8, 4) is 11.8 Å². The number of aromatic nitrogens is 3. The molecule has 0 unspecified atom stereocenters. The Bertz CT molecular complexity index is 1350. The van der Waals surface area contributed by atoms with Gasteiger partial charge in [0.05, 0.1) is 11.2 Å². The second-order valence-corrected chi connectivity index (χ2v) is 8.95. The Hall–Kier alpha value is -3.93. The van der Waals surface area contributed by atoms with Gasteiger partial charge in [0.1, 0.15) is 41.0 Å². The monoisotopic (exact) mass is 458 g/mol. The Morgan fingerprint density at radius 1 is 1.26 bits per heavy atom. The van der Waals surface area contributed by atoms with Crippen LogP contribution in [0.2, 0.25) is 0 Å². The van der Waals surface area contributed by atoms with Crippen molar-refractivity contribution in [1.82, 2.24) is 14.5 Å². The number of nitriles is 1. The van der Waals surface area contributed by atoms with Gasteiger partial charge in [0, 0.05) is 38.3 Å². The molecule has 0 radical (unpaired) electrons. The van der Waals surface area contributed by atoms with Gasteiger partial charge in [0.15, 0.2) is 0 Å². The average molecular weight is 459 g/mol. The van der Waals surface area contributed by atoms with Crippen LogP contribution in [-0.4, -0.2) is 45.0 Å². The molecule has 9 nitrogen and oxygen atoms in total. The quantitative estimate of drug-likeness (QED) is 0.446. The molecule has 1 aliphatic heterocycles. The first-order valence-electron chi connectivity index (χ1n) is 11.5. The van der Waals surface area contributed by atoms with Gasteiger partial charge in [0.25, 0.3) is 5.56 Å². The summed E-state index contributed by atoms with van der Waals surface area (Å²) in [6, 6.07) is 10.4. The summed E-state index contributed by atoms with van der Waals surface area (Å²) in [6.07, 6.45) is 5.48. The lowest BCUT2D eigenvalue weighted by Crippen LogP contribution is -2.38. The van der Waals surface area contributed by atoms with Crippen LogP contribution < -0.4 is 10.5 Å². The Labute approximate surface area is 196 Å². The topological polar surface area (TPSA) is 117 Å². The van der Waals surface area contributed by atoms with E-state index in [4.69, 9.17) is 4.84 Å². The summed E-state index contributed by atoms with van der Waals surface area (Å²) in [6.45, 7) is 1.92. The van der Waals surface area contributed by atoms with E-state index in [0.717, 1.165) is 18.5 Å². The summed E-state index contributed by atoms with van der Waals surface area (Å²) in [7, 11) is 1.71. The predicted molar refractivity (Wildman–Crippen MR) is 128 cm³/mol. The van der Waals surface area contributed by atoms with Crippen LogP contribution in [-0.2, 0) is 11.9 Å². The number of fused-ring (bicyclic) bond motifs is 1. The van der Waals surface area contributed by atoms with Crippen LogP contribution in [0.15, 0.2) is 46.5 Å². The van der Waals surface area contributed by atoms with E-state index in [-0.39, 0.29) is 17.2 Å². The van der Waals surface area contributed by atoms with Crippen LogP contribution >= 0.6 is 0 Å². The number of hydrogen-bond donors (Lipinski definition) is 1. The maximum absolute atomic E-state index is 12.6. The fourth-order valence-electron chi connectivity index (χ4n) is 4.41. The lowest BCUT2D eigenvalue weighted by molar-refractivity contribution is 0.132. The lowest BCUT2D eigenvalue weighted by Gasteiger charge is -2.34. The summed E-state index contributed by atoms with van der Waals surface area (Å²) in [5.74, 6) is 0.713. The number of aromatic hydroxyl groups is 1. The first kappa shape index (κ1) is 21.9. The predicted octanol–water partition coefficient (Wildman–Crippen LogP) is 2.95. The van der Waals surface area contributed by atoms with E-state index in [1.807, 2.05) is 0 Å². The number of piperidine rings is 1. The number of oxime groups is 1. The van der Waals surface area contributed by atoms with Crippen LogP contribution in [0.25, 0.3) is 11.0 Å². The maximum atomic E-state index is 12.6. The molecule has 0 atom stereocenters. The number of pyridine rings is 3. The zero-order valence-corrected chi connectivity index (χ0v) is 19.0. The molecule has 0 spiro atoms. The molecule has 3 aromatic heterocycles. The molecule has 0 amide bonds. The van der Waals surface area contributed by atoms with Gasteiger partial charge in [-0.2, -0.15) is 5.26 Å². The Morgan fingerprint density at radius 3 is 2.76 bits per heavy atom. The number of nitrogens with zero attached hydrogens (tertiary/aromatic N) is 6. The average Bonchev–Trinajstić information content (AvgIpc) is 3.69. The van der Waals surface area contributed by atoms with Crippen LogP contribution in [0.1, 0.15) is 37.1 Å². The molecule has 2 fully saturated rings. The van der Waals surface area contributed by atoms with Gasteiger partial charge in [-0.25, -0.2) is 4.98 Å². The number of aryl methyl sites for hydroxylation is 1. The molecule has 5 rings (SSSR count). The van der Waals surface area contributed by atoms with Crippen LogP contribution in [0.3, 0.4) is 0 Å². The summed E-state index contributed by atoms with van der Waals surface area (Å²) >= 11 is 0. The second-order valence-electron chi connectivity index (χ2n) is 8.95. The molecule has 2 aliphatic rings. The van der Waals surface area contributed by atoms with Crippen LogP contribution in [0.4, 0.5) is 5.69 Å². The Balaban J connectivity index is 1.41. The highest BCUT2D eigenvalue weighted by Crippen LogP contribution is 2.32. The fourth-order valence-corrected chi connectivity index (χ4v) is 4.41. The molecule has 0 bridgehead atoms. The zero-order chi connectivity index (χ0) is 23.7. The van der Waals surface area contributed by atoms with Crippen molar-refractivity contribution in [2.24, 2.45) is 24.0 Å². The van der Waals surface area contributed by atoms with Crippen LogP contribution in [0.5, 0.6) is 5.75 Å². The molecule has 1 saturated carbocycles. The highest BCUT2D eigenvalue weighted by Gasteiger charge is 2.29. The molecule has 1 saturated heterocycles. The summed E-state index contributed by atoms with van der Waals surface area (Å²) < 4.78 is 1.55. The number of rotatable bonds is 6. The van der Waals surface area contributed by atoms with E-state index in [1.54, 1.807) is 48.1 Å². The molecule has 1 aliphatic carbocycles. The van der Waals surface area contributed by atoms with Gasteiger partial charge >= 0.3 is 0 Å². The Morgan fingerprint density at radius 2 is 2.06 bits per heavy atom. The van der Waals surface area contributed by atoms with Crippen molar-refractivity contribution in [3.63, 3.8) is 0 Å². The SMILES string of the molecule is Cn1c(=O)cc(N2CCC(/C(=N\OCC3CC3)c3ncccc3O)CC2)c2nc(C#N)ccc21. The third-order valence-electron chi connectivity index (χ3n) is 6.60. The smallest absolute Gasteiger partial charge is 0.252 e. The largest absolute Gasteiger partial charge is 0.506 e. The first-order chi connectivity index (χ1) is 16.5. The molecule has 9 heteroatoms. The normalized spacial score (nSPS) is 17.1. The molecule has 34 heavy (non-hydrogen) atoms. The van der Waals surface area contributed by atoms with Crippen LogP contribution in [0, 0.1) is 23.2 Å². The number of anilines is 1. The van der Waals surface area contributed by atoms with E-state index in [2.05, 4.69) is 26.1 Å². The van der Waals surface area contributed by atoms with Crippen molar-refractivity contribution in [3.05, 3.63) is 58.3 Å². The van der Waals surface area contributed by atoms with Gasteiger partial charge in [-0.15, -0.1) is 0 Å². The molecule has 1 N–H and O–H groups in total. The van der Waals surface area contributed by atoms with Gasteiger partial charge < -0.3 is 19.4 Å². The molecule has 3 aromatic rings. The van der Waals surface area contributed by atoms with Gasteiger partial charge in [0.2, 0.25) is 0 Å². The van der Waals surface area contributed by atoms with E-state index < -0.39 is 0 Å². The highest BCUT2D eigenvalue weighted by molar-refractivity contribution is 6.02. The molecule has 4 heterocycles. The van der Waals surface area contributed by atoms with Crippen molar-refractivity contribution >= 4 is 22.4 Å². The van der Waals surface area contributed by atoms with Gasteiger partial charge in [-0.3, -0.25) is 9.78 Å². The summed E-state index contributed by atoms with van der Waals surface area (Å²) in [4.78, 5) is 29.2. The minimum atomic E-state index is -0.120. The van der Waals surface area contributed by atoms with Crippen molar-refractivity contribution in [1.29, 1.82) is 5.26 Å². The first-order valence-corrected chi connectivity index (χ1v) is 11.5. The minimum absolute atomic E-state index is 0.0525. The zero-order valence-electron chi connectivity index (χ0n) is 19.0. The van der Waals surface area contributed by atoms with Crippen molar-refractivity contribution < 1.29 is 9.94 Å². The molecule has 0 aromatic carbocycles. The van der Waals surface area contributed by atoms with E-state index in [0.29, 0.717) is 53.7 Å². The summed E-state index contributed by atoms with van der Waals surface area (Å²) in [5.41, 5.74) is 3.38. The van der Waals surface area contributed by atoms with Crippen molar-refractivity contribution in [2.75, 3.05) is 24.6 Å². The lowest BCUT2D eigenvalue weighted by atomic mass is 9.89. The molecular weight excluding hydrogens is 432 g/mol. The maximum Gasteiger partial charge on any atom is 0.252 e. The van der Waals surface area contributed by atoms with Crippen molar-refractivity contribution in [2.45, 2.75) is 25.7 Å². The highest BCUT2D eigenvalue weighted by atomic mass is 16.6. The molecule has 174 valence electrons. The molecular formula is C25H26N6O3.